The van der Waals surface area contributed by atoms with Crippen molar-refractivity contribution in [3.8, 4) is 11.5 Å². The second kappa shape index (κ2) is 3.13. The molecule has 0 unspecified atom stereocenters. The molecule has 0 aliphatic rings. The third-order valence-electron chi connectivity index (χ3n) is 2.10. The lowest BCUT2D eigenvalue weighted by molar-refractivity contribution is 1.08. The lowest BCUT2D eigenvalue weighted by atomic mass is 10.3. The molecule has 0 saturated heterocycles. The van der Waals surface area contributed by atoms with Gasteiger partial charge in [-0.05, 0) is 18.2 Å². The molecule has 0 radical (unpaired) electrons. The Morgan fingerprint density at radius 1 is 0.933 bits per heavy atom. The average molecular weight is 197 g/mol. The molecule has 5 heteroatoms. The number of hydrogen-bond acceptors (Lipinski definition) is 4. The van der Waals surface area contributed by atoms with E-state index in [0.29, 0.717) is 11.5 Å². The molecule has 3 rings (SSSR count). The van der Waals surface area contributed by atoms with E-state index in [2.05, 4.69) is 25.1 Å². The van der Waals surface area contributed by atoms with Crippen molar-refractivity contribution >= 4 is 11.0 Å². The van der Waals surface area contributed by atoms with Crippen LogP contribution < -0.4 is 0 Å². The molecule has 0 aromatic carbocycles. The van der Waals surface area contributed by atoms with Gasteiger partial charge in [0.05, 0.1) is 5.52 Å². The summed E-state index contributed by atoms with van der Waals surface area (Å²) >= 11 is 0. The summed E-state index contributed by atoms with van der Waals surface area (Å²) in [6.07, 6.45) is 5.10. The molecule has 5 nitrogen and oxygen atoms in total. The molecule has 0 bridgehead atoms. The van der Waals surface area contributed by atoms with Crippen molar-refractivity contribution in [1.29, 1.82) is 0 Å². The molecule has 0 fully saturated rings. The first-order valence-corrected chi connectivity index (χ1v) is 4.51. The van der Waals surface area contributed by atoms with Crippen LogP contribution in [0.2, 0.25) is 0 Å². The first-order chi connectivity index (χ1) is 7.45. The maximum absolute atomic E-state index is 4.24. The predicted molar refractivity (Wildman–Crippen MR) is 54.9 cm³/mol. The van der Waals surface area contributed by atoms with E-state index in [1.807, 2.05) is 12.1 Å². The van der Waals surface area contributed by atoms with Crippen LogP contribution in [0.15, 0.2) is 36.8 Å². The molecular formula is C10H7N5. The largest absolute Gasteiger partial charge is 0.275 e. The fraction of sp³-hybridized carbons (Fsp3) is 0. The zero-order valence-electron chi connectivity index (χ0n) is 7.75. The van der Waals surface area contributed by atoms with E-state index in [1.165, 1.54) is 0 Å². The van der Waals surface area contributed by atoms with Gasteiger partial charge in [0.15, 0.2) is 11.5 Å². The summed E-state index contributed by atoms with van der Waals surface area (Å²) in [5, 5.41) is 7.05. The smallest absolute Gasteiger partial charge is 0.182 e. The molecule has 15 heavy (non-hydrogen) atoms. The van der Waals surface area contributed by atoms with Gasteiger partial charge in [-0.25, -0.2) is 9.97 Å². The third kappa shape index (κ3) is 1.25. The molecule has 0 spiro atoms. The van der Waals surface area contributed by atoms with Gasteiger partial charge >= 0.3 is 0 Å². The number of aromatic nitrogens is 5. The quantitative estimate of drug-likeness (QED) is 0.640. The highest BCUT2D eigenvalue weighted by Gasteiger charge is 2.10. The van der Waals surface area contributed by atoms with E-state index >= 15 is 0 Å². The van der Waals surface area contributed by atoms with Crippen LogP contribution in [0.1, 0.15) is 0 Å². The van der Waals surface area contributed by atoms with Gasteiger partial charge < -0.3 is 0 Å². The summed E-state index contributed by atoms with van der Waals surface area (Å²) in [5.41, 5.74) is 2.37. The van der Waals surface area contributed by atoms with Crippen molar-refractivity contribution in [2.24, 2.45) is 0 Å². The Kier molecular flexibility index (Phi) is 1.68. The topological polar surface area (TPSA) is 67.3 Å². The normalized spacial score (nSPS) is 10.7. The second-order valence-electron chi connectivity index (χ2n) is 3.04. The fourth-order valence-corrected chi connectivity index (χ4v) is 1.43. The van der Waals surface area contributed by atoms with E-state index in [-0.39, 0.29) is 0 Å². The Labute approximate surface area is 85.2 Å². The number of H-pyrrole nitrogens is 1. The Hall–Kier alpha value is -2.30. The van der Waals surface area contributed by atoms with Crippen LogP contribution >= 0.6 is 0 Å². The van der Waals surface area contributed by atoms with Crippen LogP contribution in [-0.4, -0.2) is 25.1 Å². The Morgan fingerprint density at radius 3 is 2.60 bits per heavy atom. The standard InChI is InChI=1S/C10H7N5/c1-3-7-8(11-4-1)9(15-14-7)10-12-5-2-6-13-10/h1-6H,(H,14,15). The average Bonchev–Trinajstić information content (AvgIpc) is 2.74. The number of hydrogen-bond donors (Lipinski definition) is 1. The SMILES string of the molecule is c1cnc(-c2n[nH]c3cccnc23)nc1. The number of fused-ring (bicyclic) bond motifs is 1. The molecule has 3 aromatic heterocycles. The molecule has 0 aliphatic heterocycles. The number of rotatable bonds is 1. The van der Waals surface area contributed by atoms with Gasteiger partial charge in [-0.2, -0.15) is 5.10 Å². The highest BCUT2D eigenvalue weighted by atomic mass is 15.1. The van der Waals surface area contributed by atoms with Crippen molar-refractivity contribution in [2.75, 3.05) is 0 Å². The van der Waals surface area contributed by atoms with Gasteiger partial charge in [0, 0.05) is 18.6 Å². The molecule has 1 N–H and O–H groups in total. The zero-order chi connectivity index (χ0) is 10.1. The monoisotopic (exact) mass is 197 g/mol. The van der Waals surface area contributed by atoms with Crippen LogP contribution in [0.3, 0.4) is 0 Å². The maximum Gasteiger partial charge on any atom is 0.182 e. The van der Waals surface area contributed by atoms with Crippen molar-refractivity contribution in [3.05, 3.63) is 36.8 Å². The molecular weight excluding hydrogens is 190 g/mol. The number of nitrogens with one attached hydrogen (secondary N) is 1. The van der Waals surface area contributed by atoms with Crippen molar-refractivity contribution in [3.63, 3.8) is 0 Å². The highest BCUT2D eigenvalue weighted by Crippen LogP contribution is 2.19. The number of aromatic amines is 1. The number of nitrogens with zero attached hydrogens (tertiary/aromatic N) is 4. The van der Waals surface area contributed by atoms with Crippen molar-refractivity contribution < 1.29 is 0 Å². The van der Waals surface area contributed by atoms with E-state index in [9.17, 15) is 0 Å². The van der Waals surface area contributed by atoms with Crippen molar-refractivity contribution in [2.45, 2.75) is 0 Å². The van der Waals surface area contributed by atoms with E-state index in [1.54, 1.807) is 24.7 Å². The highest BCUT2D eigenvalue weighted by molar-refractivity contribution is 5.86. The van der Waals surface area contributed by atoms with E-state index in [4.69, 9.17) is 0 Å². The minimum atomic E-state index is 0.586. The van der Waals surface area contributed by atoms with Crippen molar-refractivity contribution in [1.82, 2.24) is 25.1 Å². The van der Waals surface area contributed by atoms with Crippen LogP contribution in [0, 0.1) is 0 Å². The summed E-state index contributed by atoms with van der Waals surface area (Å²) in [5.74, 6) is 0.586. The summed E-state index contributed by atoms with van der Waals surface area (Å²) in [7, 11) is 0. The fourth-order valence-electron chi connectivity index (χ4n) is 1.43. The zero-order valence-corrected chi connectivity index (χ0v) is 7.75. The molecule has 0 saturated carbocycles. The predicted octanol–water partition coefficient (Wildman–Crippen LogP) is 1.41. The van der Waals surface area contributed by atoms with Gasteiger partial charge in [0.25, 0.3) is 0 Å². The van der Waals surface area contributed by atoms with Gasteiger partial charge in [0.2, 0.25) is 0 Å². The molecule has 0 aliphatic carbocycles. The maximum atomic E-state index is 4.24. The first kappa shape index (κ1) is 8.05. The van der Waals surface area contributed by atoms with Gasteiger partial charge in [-0.15, -0.1) is 0 Å². The minimum Gasteiger partial charge on any atom is -0.275 e. The van der Waals surface area contributed by atoms with Crippen LogP contribution in [-0.2, 0) is 0 Å². The summed E-state index contributed by atoms with van der Waals surface area (Å²) < 4.78 is 0. The minimum absolute atomic E-state index is 0.586. The molecule has 3 aromatic rings. The Balaban J connectivity index is 2.28. The molecule has 0 atom stereocenters. The van der Waals surface area contributed by atoms with Gasteiger partial charge in [-0.3, -0.25) is 10.1 Å². The van der Waals surface area contributed by atoms with Gasteiger partial charge in [-0.1, -0.05) is 0 Å². The Bertz CT molecular complexity index is 587. The third-order valence-corrected chi connectivity index (χ3v) is 2.10. The van der Waals surface area contributed by atoms with Crippen LogP contribution in [0.4, 0.5) is 0 Å². The lowest BCUT2D eigenvalue weighted by Gasteiger charge is -1.93. The molecule has 3 heterocycles. The van der Waals surface area contributed by atoms with E-state index in [0.717, 1.165) is 11.0 Å². The second-order valence-corrected chi connectivity index (χ2v) is 3.04. The van der Waals surface area contributed by atoms with Gasteiger partial charge in [0.1, 0.15) is 5.52 Å². The summed E-state index contributed by atoms with van der Waals surface area (Å²) in [4.78, 5) is 12.5. The van der Waals surface area contributed by atoms with Crippen LogP contribution in [0.25, 0.3) is 22.6 Å². The van der Waals surface area contributed by atoms with Crippen LogP contribution in [0.5, 0.6) is 0 Å². The lowest BCUT2D eigenvalue weighted by Crippen LogP contribution is -1.88. The molecule has 72 valence electrons. The Morgan fingerprint density at radius 2 is 1.73 bits per heavy atom. The molecule has 0 amide bonds. The number of pyridine rings is 1. The first-order valence-electron chi connectivity index (χ1n) is 4.51. The summed E-state index contributed by atoms with van der Waals surface area (Å²) in [6.45, 7) is 0. The van der Waals surface area contributed by atoms with E-state index < -0.39 is 0 Å². The summed E-state index contributed by atoms with van der Waals surface area (Å²) in [6, 6.07) is 5.55.